The highest BCUT2D eigenvalue weighted by Crippen LogP contribution is 2.27. The molecule has 3 rings (SSSR count). The predicted molar refractivity (Wildman–Crippen MR) is 110 cm³/mol. The Morgan fingerprint density at radius 3 is 2.72 bits per heavy atom. The molecule has 0 atom stereocenters. The summed E-state index contributed by atoms with van der Waals surface area (Å²) >= 11 is 7.51. The van der Waals surface area contributed by atoms with E-state index in [1.165, 1.54) is 11.3 Å². The van der Waals surface area contributed by atoms with Gasteiger partial charge in [0.1, 0.15) is 10.7 Å². The number of carbonyl (C=O) groups excluding carboxylic acids is 1. The quantitative estimate of drug-likeness (QED) is 0.795. The van der Waals surface area contributed by atoms with Crippen LogP contribution in [0.2, 0.25) is 5.02 Å². The van der Waals surface area contributed by atoms with Crippen LogP contribution in [0.1, 0.15) is 23.3 Å². The maximum Gasteiger partial charge on any atom is 0.273 e. The fourth-order valence-electron chi connectivity index (χ4n) is 2.92. The number of thiazole rings is 1. The summed E-state index contributed by atoms with van der Waals surface area (Å²) in [6, 6.07) is 7.56. The summed E-state index contributed by atoms with van der Waals surface area (Å²) in [5.41, 5.74) is 1.49. The molecule has 2 heterocycles. The molecule has 138 valence electrons. The normalized spacial score (nSPS) is 14.6. The summed E-state index contributed by atoms with van der Waals surface area (Å²) in [4.78, 5) is 19.0. The Bertz CT molecular complexity index is 687. The highest BCUT2D eigenvalue weighted by molar-refractivity contribution is 7.13. The molecule has 0 bridgehead atoms. The lowest BCUT2D eigenvalue weighted by Gasteiger charge is -2.31. The van der Waals surface area contributed by atoms with Gasteiger partial charge in [0.2, 0.25) is 0 Å². The van der Waals surface area contributed by atoms with Crippen molar-refractivity contribution >= 4 is 53.7 Å². The van der Waals surface area contributed by atoms with Gasteiger partial charge in [-0.05, 0) is 44.5 Å². The van der Waals surface area contributed by atoms with E-state index in [-0.39, 0.29) is 30.7 Å². The standard InChI is InChI=1S/C17H20ClN3OS.2ClH/c1-19-10-12-5-7-21(8-6-12)17(22)15-11-23-16(20-15)13-3-2-4-14(18)9-13;;/h2-4,9,11-12,19H,5-8,10H2,1H3;2*1H. The lowest BCUT2D eigenvalue weighted by Crippen LogP contribution is -2.40. The molecule has 2 aromatic rings. The molecule has 8 heteroatoms. The summed E-state index contributed by atoms with van der Waals surface area (Å²) in [5, 5.41) is 6.57. The van der Waals surface area contributed by atoms with Crippen molar-refractivity contribution in [3.63, 3.8) is 0 Å². The Balaban J connectivity index is 0.00000156. The third kappa shape index (κ3) is 5.56. The van der Waals surface area contributed by atoms with Crippen LogP contribution in [-0.4, -0.2) is 42.5 Å². The van der Waals surface area contributed by atoms with Gasteiger partial charge in [0.25, 0.3) is 5.91 Å². The van der Waals surface area contributed by atoms with Crippen molar-refractivity contribution in [1.82, 2.24) is 15.2 Å². The molecule has 0 spiro atoms. The van der Waals surface area contributed by atoms with E-state index < -0.39 is 0 Å². The summed E-state index contributed by atoms with van der Waals surface area (Å²) < 4.78 is 0. The number of likely N-dealkylation sites (tertiary alicyclic amines) is 1. The van der Waals surface area contributed by atoms with Gasteiger partial charge >= 0.3 is 0 Å². The maximum absolute atomic E-state index is 12.6. The van der Waals surface area contributed by atoms with E-state index in [2.05, 4.69) is 10.3 Å². The highest BCUT2D eigenvalue weighted by Gasteiger charge is 2.24. The lowest BCUT2D eigenvalue weighted by atomic mass is 9.97. The van der Waals surface area contributed by atoms with Gasteiger partial charge in [0, 0.05) is 29.1 Å². The lowest BCUT2D eigenvalue weighted by molar-refractivity contribution is 0.0686. The van der Waals surface area contributed by atoms with Crippen LogP contribution < -0.4 is 5.32 Å². The molecule has 1 aromatic carbocycles. The zero-order chi connectivity index (χ0) is 16.2. The Morgan fingerprint density at radius 2 is 2.08 bits per heavy atom. The Labute approximate surface area is 169 Å². The third-order valence-electron chi connectivity index (χ3n) is 4.19. The third-order valence-corrected chi connectivity index (χ3v) is 5.32. The molecule has 1 aliphatic rings. The highest BCUT2D eigenvalue weighted by atomic mass is 35.5. The average Bonchev–Trinajstić information content (AvgIpc) is 3.05. The summed E-state index contributed by atoms with van der Waals surface area (Å²) in [6.45, 7) is 2.65. The second kappa shape index (κ2) is 10.3. The van der Waals surface area contributed by atoms with E-state index in [1.807, 2.05) is 41.6 Å². The van der Waals surface area contributed by atoms with Crippen LogP contribution in [0.3, 0.4) is 0 Å². The SMILES string of the molecule is CNCC1CCN(C(=O)c2csc(-c3cccc(Cl)c3)n2)CC1.Cl.Cl. The second-order valence-electron chi connectivity index (χ2n) is 5.84. The molecule has 1 saturated heterocycles. The fraction of sp³-hybridized carbons (Fsp3) is 0.412. The Morgan fingerprint density at radius 1 is 1.36 bits per heavy atom. The monoisotopic (exact) mass is 421 g/mol. The number of aromatic nitrogens is 1. The molecule has 1 aromatic heterocycles. The zero-order valence-electron chi connectivity index (χ0n) is 13.9. The van der Waals surface area contributed by atoms with Crippen molar-refractivity contribution in [3.8, 4) is 10.6 Å². The van der Waals surface area contributed by atoms with E-state index in [4.69, 9.17) is 11.6 Å². The zero-order valence-corrected chi connectivity index (χ0v) is 17.1. The molecule has 1 fully saturated rings. The van der Waals surface area contributed by atoms with Crippen molar-refractivity contribution in [1.29, 1.82) is 0 Å². The molecule has 0 saturated carbocycles. The summed E-state index contributed by atoms with van der Waals surface area (Å²) in [7, 11) is 1.98. The number of hydrogen-bond acceptors (Lipinski definition) is 4. The van der Waals surface area contributed by atoms with E-state index in [0.717, 1.165) is 43.0 Å². The summed E-state index contributed by atoms with van der Waals surface area (Å²) in [5.74, 6) is 0.707. The van der Waals surface area contributed by atoms with Crippen molar-refractivity contribution in [2.24, 2.45) is 5.92 Å². The van der Waals surface area contributed by atoms with Gasteiger partial charge in [-0.2, -0.15) is 0 Å². The van der Waals surface area contributed by atoms with Crippen molar-refractivity contribution in [2.75, 3.05) is 26.7 Å². The first-order valence-corrected chi connectivity index (χ1v) is 9.08. The number of halogens is 3. The van der Waals surface area contributed by atoms with E-state index in [1.54, 1.807) is 0 Å². The number of nitrogens with one attached hydrogen (secondary N) is 1. The first-order chi connectivity index (χ1) is 11.2. The van der Waals surface area contributed by atoms with Gasteiger partial charge in [-0.15, -0.1) is 36.2 Å². The van der Waals surface area contributed by atoms with Crippen molar-refractivity contribution in [2.45, 2.75) is 12.8 Å². The van der Waals surface area contributed by atoms with E-state index in [0.29, 0.717) is 16.6 Å². The number of benzene rings is 1. The number of amides is 1. The molecule has 1 N–H and O–H groups in total. The molecule has 0 radical (unpaired) electrons. The molecule has 1 aliphatic heterocycles. The topological polar surface area (TPSA) is 45.2 Å². The van der Waals surface area contributed by atoms with E-state index in [9.17, 15) is 4.79 Å². The smallest absolute Gasteiger partial charge is 0.273 e. The molecule has 1 amide bonds. The van der Waals surface area contributed by atoms with Crippen LogP contribution in [0.4, 0.5) is 0 Å². The number of piperidine rings is 1. The van der Waals surface area contributed by atoms with Gasteiger partial charge in [0.15, 0.2) is 0 Å². The van der Waals surface area contributed by atoms with Gasteiger partial charge in [0.05, 0.1) is 0 Å². The Hall–Kier alpha value is -0.850. The van der Waals surface area contributed by atoms with Crippen LogP contribution >= 0.6 is 47.8 Å². The first-order valence-electron chi connectivity index (χ1n) is 7.82. The van der Waals surface area contributed by atoms with Crippen LogP contribution in [0.25, 0.3) is 10.6 Å². The largest absolute Gasteiger partial charge is 0.337 e. The first kappa shape index (κ1) is 22.2. The van der Waals surface area contributed by atoms with Gasteiger partial charge in [-0.25, -0.2) is 4.98 Å². The number of rotatable bonds is 4. The van der Waals surface area contributed by atoms with Crippen LogP contribution in [0.15, 0.2) is 29.6 Å². The van der Waals surface area contributed by atoms with Crippen LogP contribution in [0, 0.1) is 5.92 Å². The number of carbonyl (C=O) groups is 1. The van der Waals surface area contributed by atoms with Gasteiger partial charge in [-0.1, -0.05) is 23.7 Å². The molecule has 4 nitrogen and oxygen atoms in total. The number of hydrogen-bond donors (Lipinski definition) is 1. The van der Waals surface area contributed by atoms with Crippen molar-refractivity contribution < 1.29 is 4.79 Å². The molecule has 25 heavy (non-hydrogen) atoms. The maximum atomic E-state index is 12.6. The molecule has 0 aliphatic carbocycles. The van der Waals surface area contributed by atoms with Gasteiger partial charge < -0.3 is 10.2 Å². The molecular formula is C17H22Cl3N3OS. The fourth-order valence-corrected chi connectivity index (χ4v) is 3.90. The average molecular weight is 423 g/mol. The summed E-state index contributed by atoms with van der Waals surface area (Å²) in [6.07, 6.45) is 2.11. The van der Waals surface area contributed by atoms with E-state index >= 15 is 0 Å². The predicted octanol–water partition coefficient (Wildman–Crippen LogP) is 4.38. The van der Waals surface area contributed by atoms with Crippen LogP contribution in [0.5, 0.6) is 0 Å². The molecule has 0 unspecified atom stereocenters. The molecular weight excluding hydrogens is 401 g/mol. The Kier molecular flexibility index (Phi) is 9.17. The minimum Gasteiger partial charge on any atom is -0.337 e. The second-order valence-corrected chi connectivity index (χ2v) is 7.14. The minimum atomic E-state index is 0. The van der Waals surface area contributed by atoms with Crippen molar-refractivity contribution in [3.05, 3.63) is 40.4 Å². The number of nitrogens with zero attached hydrogens (tertiary/aromatic N) is 2. The minimum absolute atomic E-state index is 0. The van der Waals surface area contributed by atoms with Gasteiger partial charge in [-0.3, -0.25) is 4.79 Å². The van der Waals surface area contributed by atoms with Crippen LogP contribution in [-0.2, 0) is 0 Å².